The van der Waals surface area contributed by atoms with E-state index < -0.39 is 0 Å². The second kappa shape index (κ2) is 16.0. The van der Waals surface area contributed by atoms with Crippen molar-refractivity contribution in [3.63, 3.8) is 0 Å². The lowest BCUT2D eigenvalue weighted by Crippen LogP contribution is -2.00. The van der Waals surface area contributed by atoms with Crippen molar-refractivity contribution < 1.29 is 24.1 Å². The van der Waals surface area contributed by atoms with Gasteiger partial charge < -0.3 is 24.1 Å². The molecule has 0 aliphatic carbocycles. The van der Waals surface area contributed by atoms with E-state index in [4.69, 9.17) is 18.9 Å². The standard InChI is InChI=1S/C40H38O5S2/c1-42-34-17-19-35(32(25-34)26-41)36-18-11-28(23-38(36)44-27-30-7-4-3-5-8-30)9-10-29-12-20-37(43-2)39(24-29)45-33-15-13-31(14-16-33)40-46-21-6-22-47-40/h3-5,7-20,23-25,40-41H,6,21-22,26-27H2,1-2H3/b10-9+. The van der Waals surface area contributed by atoms with Crippen LogP contribution in [0.3, 0.4) is 0 Å². The van der Waals surface area contributed by atoms with E-state index >= 15 is 0 Å². The van der Waals surface area contributed by atoms with Crippen molar-refractivity contribution in [1.29, 1.82) is 0 Å². The van der Waals surface area contributed by atoms with Crippen LogP contribution in [0.25, 0.3) is 23.3 Å². The van der Waals surface area contributed by atoms with Gasteiger partial charge in [0.2, 0.25) is 0 Å². The smallest absolute Gasteiger partial charge is 0.169 e. The van der Waals surface area contributed by atoms with Crippen LogP contribution in [0.1, 0.15) is 38.8 Å². The third-order valence-corrected chi connectivity index (χ3v) is 10.9. The van der Waals surface area contributed by atoms with Gasteiger partial charge in [0.05, 0.1) is 25.4 Å². The third kappa shape index (κ3) is 8.35. The van der Waals surface area contributed by atoms with Crippen molar-refractivity contribution in [2.45, 2.75) is 24.2 Å². The summed E-state index contributed by atoms with van der Waals surface area (Å²) in [4.78, 5) is 0. The third-order valence-electron chi connectivity index (χ3n) is 7.88. The number of methoxy groups -OCH3 is 2. The molecule has 1 aliphatic heterocycles. The fraction of sp³-hybridized carbons (Fsp3) is 0.200. The van der Waals surface area contributed by atoms with E-state index in [0.29, 0.717) is 28.4 Å². The molecule has 1 heterocycles. The first-order valence-electron chi connectivity index (χ1n) is 15.6. The molecule has 0 bridgehead atoms. The van der Waals surface area contributed by atoms with Gasteiger partial charge in [0.15, 0.2) is 11.5 Å². The number of hydrogen-bond donors (Lipinski definition) is 1. The van der Waals surface area contributed by atoms with Crippen LogP contribution >= 0.6 is 23.5 Å². The van der Waals surface area contributed by atoms with Crippen LogP contribution in [0.5, 0.6) is 28.7 Å². The molecule has 1 N–H and O–H groups in total. The summed E-state index contributed by atoms with van der Waals surface area (Å²) in [7, 11) is 3.28. The lowest BCUT2D eigenvalue weighted by atomic mass is 9.97. The van der Waals surface area contributed by atoms with Gasteiger partial charge in [0, 0.05) is 5.56 Å². The highest BCUT2D eigenvalue weighted by Crippen LogP contribution is 2.44. The van der Waals surface area contributed by atoms with Crippen molar-refractivity contribution in [3.05, 3.63) is 137 Å². The zero-order valence-corrected chi connectivity index (χ0v) is 28.2. The summed E-state index contributed by atoms with van der Waals surface area (Å²) in [6.07, 6.45) is 5.39. The van der Waals surface area contributed by atoms with Gasteiger partial charge in [-0.1, -0.05) is 78.9 Å². The van der Waals surface area contributed by atoms with Crippen molar-refractivity contribution in [1.82, 2.24) is 0 Å². The van der Waals surface area contributed by atoms with E-state index in [-0.39, 0.29) is 6.61 Å². The van der Waals surface area contributed by atoms with E-state index in [2.05, 4.69) is 30.4 Å². The molecule has 0 unspecified atom stereocenters. The van der Waals surface area contributed by atoms with Crippen LogP contribution in [0.2, 0.25) is 0 Å². The topological polar surface area (TPSA) is 57.2 Å². The molecule has 0 aromatic heterocycles. The molecule has 1 saturated heterocycles. The predicted molar refractivity (Wildman–Crippen MR) is 196 cm³/mol. The normalized spacial score (nSPS) is 13.4. The second-order valence-corrected chi connectivity index (χ2v) is 13.8. The van der Waals surface area contributed by atoms with Crippen LogP contribution in [-0.2, 0) is 13.2 Å². The van der Waals surface area contributed by atoms with E-state index in [0.717, 1.165) is 44.9 Å². The quantitative estimate of drug-likeness (QED) is 0.133. The molecule has 0 saturated carbocycles. The Morgan fingerprint density at radius 2 is 1.36 bits per heavy atom. The van der Waals surface area contributed by atoms with Gasteiger partial charge in [-0.05, 0) is 93.8 Å². The molecule has 5 aromatic rings. The predicted octanol–water partition coefficient (Wildman–Crippen LogP) is 10.3. The Balaban J connectivity index is 1.25. The van der Waals surface area contributed by atoms with Gasteiger partial charge in [-0.15, -0.1) is 23.5 Å². The Morgan fingerprint density at radius 1 is 0.681 bits per heavy atom. The highest BCUT2D eigenvalue weighted by atomic mass is 32.2. The number of hydrogen-bond acceptors (Lipinski definition) is 7. The maximum Gasteiger partial charge on any atom is 0.169 e. The zero-order chi connectivity index (χ0) is 32.4. The number of aliphatic hydroxyl groups is 1. The Kier molecular flexibility index (Phi) is 11.1. The molecule has 6 rings (SSSR count). The minimum Gasteiger partial charge on any atom is -0.497 e. The first-order chi connectivity index (χ1) is 23.1. The average Bonchev–Trinajstić information content (AvgIpc) is 3.14. The SMILES string of the molecule is COc1ccc(-c2ccc(/C=C/c3ccc(OC)c(Oc4ccc(C5SCCCS5)cc4)c3)cc2OCc2ccccc2)c(CO)c1. The molecule has 47 heavy (non-hydrogen) atoms. The van der Waals surface area contributed by atoms with Gasteiger partial charge in [-0.25, -0.2) is 0 Å². The van der Waals surface area contributed by atoms with Gasteiger partial charge in [-0.2, -0.15) is 0 Å². The van der Waals surface area contributed by atoms with Crippen molar-refractivity contribution >= 4 is 35.7 Å². The van der Waals surface area contributed by atoms with Crippen molar-refractivity contribution in [3.8, 4) is 39.9 Å². The van der Waals surface area contributed by atoms with E-state index in [1.165, 1.54) is 23.5 Å². The summed E-state index contributed by atoms with van der Waals surface area (Å²) in [5, 5.41) is 10.2. The molecule has 1 aliphatic rings. The maximum absolute atomic E-state index is 10.2. The molecule has 0 atom stereocenters. The van der Waals surface area contributed by atoms with Crippen LogP contribution < -0.4 is 18.9 Å². The van der Waals surface area contributed by atoms with Gasteiger partial charge in [0.1, 0.15) is 23.9 Å². The highest BCUT2D eigenvalue weighted by Gasteiger charge is 2.17. The summed E-state index contributed by atoms with van der Waals surface area (Å²) < 4.78 is 24.2. The molecule has 7 heteroatoms. The lowest BCUT2D eigenvalue weighted by Gasteiger charge is -2.21. The second-order valence-electron chi connectivity index (χ2n) is 11.1. The molecule has 0 radical (unpaired) electrons. The first kappa shape index (κ1) is 32.6. The Bertz CT molecular complexity index is 1800. The molecule has 0 amide bonds. The van der Waals surface area contributed by atoms with Gasteiger partial charge in [-0.3, -0.25) is 0 Å². The van der Waals surface area contributed by atoms with Crippen LogP contribution in [0, 0.1) is 0 Å². The number of ether oxygens (including phenoxy) is 4. The average molecular weight is 663 g/mol. The maximum atomic E-state index is 10.2. The van der Waals surface area contributed by atoms with Crippen LogP contribution in [0.4, 0.5) is 0 Å². The summed E-state index contributed by atoms with van der Waals surface area (Å²) >= 11 is 4.03. The highest BCUT2D eigenvalue weighted by molar-refractivity contribution is 8.16. The minimum absolute atomic E-state index is 0.114. The molecular formula is C40H38O5S2. The molecule has 5 nitrogen and oxygen atoms in total. The fourth-order valence-electron chi connectivity index (χ4n) is 5.38. The summed E-state index contributed by atoms with van der Waals surface area (Å²) in [6, 6.07) is 36.3. The van der Waals surface area contributed by atoms with E-state index in [9.17, 15) is 5.11 Å². The van der Waals surface area contributed by atoms with Crippen molar-refractivity contribution in [2.24, 2.45) is 0 Å². The Labute approximate surface area is 285 Å². The molecule has 0 spiro atoms. The number of thioether (sulfide) groups is 2. The summed E-state index contributed by atoms with van der Waals surface area (Å²) in [6.45, 7) is 0.307. The minimum atomic E-state index is -0.114. The molecular weight excluding hydrogens is 625 g/mol. The van der Waals surface area contributed by atoms with E-state index in [1.807, 2.05) is 115 Å². The van der Waals surface area contributed by atoms with Gasteiger partial charge in [0.25, 0.3) is 0 Å². The van der Waals surface area contributed by atoms with Gasteiger partial charge >= 0.3 is 0 Å². The molecule has 5 aromatic carbocycles. The summed E-state index contributed by atoms with van der Waals surface area (Å²) in [5.74, 6) is 5.95. The summed E-state index contributed by atoms with van der Waals surface area (Å²) in [5.41, 5.74) is 6.91. The molecule has 1 fully saturated rings. The monoisotopic (exact) mass is 662 g/mol. The lowest BCUT2D eigenvalue weighted by molar-refractivity contribution is 0.281. The first-order valence-corrected chi connectivity index (χ1v) is 17.7. The van der Waals surface area contributed by atoms with Crippen LogP contribution in [0.15, 0.2) is 109 Å². The Hall–Kier alpha value is -4.30. The zero-order valence-electron chi connectivity index (χ0n) is 26.6. The van der Waals surface area contributed by atoms with Crippen LogP contribution in [-0.4, -0.2) is 30.8 Å². The fourth-order valence-corrected chi connectivity index (χ4v) is 8.27. The number of benzene rings is 5. The number of rotatable bonds is 12. The molecule has 240 valence electrons. The van der Waals surface area contributed by atoms with E-state index in [1.54, 1.807) is 14.2 Å². The Morgan fingerprint density at radius 3 is 2.06 bits per heavy atom. The number of aliphatic hydroxyl groups excluding tert-OH is 1. The van der Waals surface area contributed by atoms with Crippen molar-refractivity contribution in [2.75, 3.05) is 25.7 Å². The largest absolute Gasteiger partial charge is 0.497 e.